The summed E-state index contributed by atoms with van der Waals surface area (Å²) in [5.74, 6) is -1.95. The standard InChI is InChI=1S/C22H22ClNO4/c1-3-4-8-17(22(27)28)20-13(2)24(19-10-9-16(25)12-18(19)20)21(26)14-6-5-7-15(23)11-14/h5-7,9-12,17,25H,3-4,8H2,1-2H3,(H,27,28)/t17-/m0/s1. The van der Waals surface area contributed by atoms with E-state index in [1.54, 1.807) is 37.3 Å². The molecule has 1 atom stereocenters. The van der Waals surface area contributed by atoms with E-state index in [4.69, 9.17) is 11.6 Å². The number of phenolic OH excluding ortho intramolecular Hbond substituents is 1. The lowest BCUT2D eigenvalue weighted by Gasteiger charge is -2.13. The van der Waals surface area contributed by atoms with Crippen molar-refractivity contribution in [3.8, 4) is 5.75 Å². The van der Waals surface area contributed by atoms with Gasteiger partial charge in [-0.05, 0) is 55.3 Å². The Bertz CT molecular complexity index is 1050. The van der Waals surface area contributed by atoms with Gasteiger partial charge in [-0.2, -0.15) is 0 Å². The molecule has 0 spiro atoms. The van der Waals surface area contributed by atoms with Gasteiger partial charge in [0.2, 0.25) is 0 Å². The number of aromatic nitrogens is 1. The molecule has 3 aromatic rings. The minimum atomic E-state index is -0.936. The molecule has 3 rings (SSSR count). The molecule has 2 N–H and O–H groups in total. The van der Waals surface area contributed by atoms with Gasteiger partial charge in [0.1, 0.15) is 5.75 Å². The highest BCUT2D eigenvalue weighted by Crippen LogP contribution is 2.37. The van der Waals surface area contributed by atoms with Crippen molar-refractivity contribution in [3.05, 3.63) is 64.3 Å². The molecule has 0 fully saturated rings. The van der Waals surface area contributed by atoms with Gasteiger partial charge in [0.25, 0.3) is 5.91 Å². The zero-order valence-corrected chi connectivity index (χ0v) is 16.5. The van der Waals surface area contributed by atoms with Gasteiger partial charge in [0.05, 0.1) is 11.4 Å². The maximum absolute atomic E-state index is 13.2. The molecule has 0 amide bonds. The van der Waals surface area contributed by atoms with E-state index in [1.165, 1.54) is 16.7 Å². The average Bonchev–Trinajstić information content (AvgIpc) is 2.93. The van der Waals surface area contributed by atoms with Crippen molar-refractivity contribution < 1.29 is 19.8 Å². The second-order valence-electron chi connectivity index (χ2n) is 6.88. The molecule has 0 aliphatic rings. The number of phenols is 1. The van der Waals surface area contributed by atoms with Crippen molar-refractivity contribution >= 4 is 34.4 Å². The normalized spacial score (nSPS) is 12.2. The number of nitrogens with zero attached hydrogens (tertiary/aromatic N) is 1. The third kappa shape index (κ3) is 3.62. The van der Waals surface area contributed by atoms with Gasteiger partial charge in [0, 0.05) is 21.7 Å². The average molecular weight is 400 g/mol. The predicted octanol–water partition coefficient (Wildman–Crippen LogP) is 5.36. The molecule has 0 aliphatic heterocycles. The fourth-order valence-corrected chi connectivity index (χ4v) is 3.87. The smallest absolute Gasteiger partial charge is 0.311 e. The number of rotatable bonds is 6. The minimum absolute atomic E-state index is 0.0285. The Balaban J connectivity index is 2.26. The van der Waals surface area contributed by atoms with Crippen molar-refractivity contribution in [1.29, 1.82) is 0 Å². The number of aromatic hydroxyl groups is 1. The number of unbranched alkanes of at least 4 members (excludes halogenated alkanes) is 1. The molecule has 0 saturated heterocycles. The molecule has 0 aliphatic carbocycles. The number of carbonyl (C=O) groups excluding carboxylic acids is 1. The van der Waals surface area contributed by atoms with Crippen LogP contribution >= 0.6 is 11.6 Å². The first kappa shape index (κ1) is 20.0. The summed E-state index contributed by atoms with van der Waals surface area (Å²) in [7, 11) is 0. The van der Waals surface area contributed by atoms with Crippen LogP contribution in [-0.4, -0.2) is 26.7 Å². The molecule has 0 radical (unpaired) electrons. The summed E-state index contributed by atoms with van der Waals surface area (Å²) in [6.07, 6.45) is 2.09. The van der Waals surface area contributed by atoms with Crippen LogP contribution in [0.3, 0.4) is 0 Å². The largest absolute Gasteiger partial charge is 0.508 e. The summed E-state index contributed by atoms with van der Waals surface area (Å²) in [5, 5.41) is 20.8. The Morgan fingerprint density at radius 2 is 1.93 bits per heavy atom. The molecule has 1 heterocycles. The molecule has 146 valence electrons. The lowest BCUT2D eigenvalue weighted by Crippen LogP contribution is -2.16. The van der Waals surface area contributed by atoms with Crippen LogP contribution in [-0.2, 0) is 4.79 Å². The van der Waals surface area contributed by atoms with Crippen molar-refractivity contribution in [2.45, 2.75) is 39.0 Å². The highest BCUT2D eigenvalue weighted by Gasteiger charge is 2.29. The van der Waals surface area contributed by atoms with Gasteiger partial charge < -0.3 is 10.2 Å². The van der Waals surface area contributed by atoms with Crippen LogP contribution in [0.25, 0.3) is 10.9 Å². The van der Waals surface area contributed by atoms with Crippen LogP contribution in [0.5, 0.6) is 5.75 Å². The molecule has 2 aromatic carbocycles. The minimum Gasteiger partial charge on any atom is -0.508 e. The van der Waals surface area contributed by atoms with E-state index in [0.29, 0.717) is 39.2 Å². The zero-order chi connectivity index (χ0) is 20.4. The number of carbonyl (C=O) groups is 2. The Morgan fingerprint density at radius 3 is 2.57 bits per heavy atom. The van der Waals surface area contributed by atoms with Gasteiger partial charge in [0.15, 0.2) is 0 Å². The Labute approximate surface area is 168 Å². The molecular weight excluding hydrogens is 378 g/mol. The SMILES string of the molecule is CCCC[C@H](C(=O)O)c1c(C)n(C(=O)c2cccc(Cl)c2)c2ccc(O)cc12. The Hall–Kier alpha value is -2.79. The highest BCUT2D eigenvalue weighted by atomic mass is 35.5. The Morgan fingerprint density at radius 1 is 1.18 bits per heavy atom. The fourth-order valence-electron chi connectivity index (χ4n) is 3.68. The van der Waals surface area contributed by atoms with Crippen molar-refractivity contribution in [2.24, 2.45) is 0 Å². The molecule has 6 heteroatoms. The van der Waals surface area contributed by atoms with Crippen molar-refractivity contribution in [3.63, 3.8) is 0 Å². The van der Waals surface area contributed by atoms with Crippen LogP contribution in [0.2, 0.25) is 5.02 Å². The number of aliphatic carboxylic acids is 1. The quantitative estimate of drug-likeness (QED) is 0.585. The third-order valence-electron chi connectivity index (χ3n) is 5.00. The first-order chi connectivity index (χ1) is 13.3. The number of hydrogen-bond donors (Lipinski definition) is 2. The van der Waals surface area contributed by atoms with Crippen molar-refractivity contribution in [1.82, 2.24) is 4.57 Å². The molecule has 28 heavy (non-hydrogen) atoms. The van der Waals surface area contributed by atoms with Gasteiger partial charge in [-0.3, -0.25) is 14.2 Å². The van der Waals surface area contributed by atoms with Gasteiger partial charge in [-0.15, -0.1) is 0 Å². The summed E-state index contributed by atoms with van der Waals surface area (Å²) >= 11 is 6.04. The molecular formula is C22H22ClNO4. The van der Waals surface area contributed by atoms with E-state index >= 15 is 0 Å². The number of fused-ring (bicyclic) bond motifs is 1. The van der Waals surface area contributed by atoms with Crippen LogP contribution in [0.15, 0.2) is 42.5 Å². The number of hydrogen-bond acceptors (Lipinski definition) is 3. The molecule has 0 bridgehead atoms. The van der Waals surface area contributed by atoms with Crippen LogP contribution in [0, 0.1) is 6.92 Å². The van der Waals surface area contributed by atoms with Crippen LogP contribution in [0.4, 0.5) is 0 Å². The second kappa shape index (κ2) is 8.07. The molecule has 5 nitrogen and oxygen atoms in total. The molecule has 0 saturated carbocycles. The third-order valence-corrected chi connectivity index (χ3v) is 5.24. The summed E-state index contributed by atoms with van der Waals surface area (Å²) < 4.78 is 1.51. The zero-order valence-electron chi connectivity index (χ0n) is 15.8. The first-order valence-electron chi connectivity index (χ1n) is 9.22. The van der Waals surface area contributed by atoms with E-state index in [1.807, 2.05) is 6.92 Å². The molecule has 0 unspecified atom stereocenters. The maximum Gasteiger partial charge on any atom is 0.311 e. The van der Waals surface area contributed by atoms with Gasteiger partial charge >= 0.3 is 5.97 Å². The van der Waals surface area contributed by atoms with Gasteiger partial charge in [-0.1, -0.05) is 37.4 Å². The van der Waals surface area contributed by atoms with E-state index in [-0.39, 0.29) is 11.7 Å². The lowest BCUT2D eigenvalue weighted by molar-refractivity contribution is -0.139. The summed E-state index contributed by atoms with van der Waals surface area (Å²) in [6.45, 7) is 3.75. The predicted molar refractivity (Wildman–Crippen MR) is 109 cm³/mol. The fraction of sp³-hybridized carbons (Fsp3) is 0.273. The van der Waals surface area contributed by atoms with Gasteiger partial charge in [-0.25, -0.2) is 0 Å². The number of carboxylic acid groups (broad SMARTS) is 1. The van der Waals surface area contributed by atoms with E-state index in [0.717, 1.165) is 12.8 Å². The monoisotopic (exact) mass is 399 g/mol. The second-order valence-corrected chi connectivity index (χ2v) is 7.32. The van der Waals surface area contributed by atoms with E-state index in [9.17, 15) is 19.8 Å². The van der Waals surface area contributed by atoms with E-state index < -0.39 is 11.9 Å². The summed E-state index contributed by atoms with van der Waals surface area (Å²) in [4.78, 5) is 25.2. The number of halogens is 1. The topological polar surface area (TPSA) is 79.5 Å². The Kier molecular flexibility index (Phi) is 5.75. The van der Waals surface area contributed by atoms with Crippen LogP contribution < -0.4 is 0 Å². The summed E-state index contributed by atoms with van der Waals surface area (Å²) in [6, 6.07) is 11.3. The van der Waals surface area contributed by atoms with Crippen molar-refractivity contribution in [2.75, 3.05) is 0 Å². The molecule has 1 aromatic heterocycles. The maximum atomic E-state index is 13.2. The lowest BCUT2D eigenvalue weighted by atomic mass is 9.91. The number of benzene rings is 2. The van der Waals surface area contributed by atoms with E-state index in [2.05, 4.69) is 0 Å². The number of carboxylic acids is 1. The first-order valence-corrected chi connectivity index (χ1v) is 9.60. The summed E-state index contributed by atoms with van der Waals surface area (Å²) in [5.41, 5.74) is 2.11. The highest BCUT2D eigenvalue weighted by molar-refractivity contribution is 6.31. The van der Waals surface area contributed by atoms with Crippen LogP contribution in [0.1, 0.15) is 53.7 Å².